The number of hydrazine groups is 1. The highest BCUT2D eigenvalue weighted by Gasteiger charge is 2.40. The van der Waals surface area contributed by atoms with Crippen LogP contribution in [0.2, 0.25) is 0 Å². The van der Waals surface area contributed by atoms with Gasteiger partial charge in [-0.3, -0.25) is 4.98 Å². The number of fused-ring (bicyclic) bond motifs is 1. The van der Waals surface area contributed by atoms with E-state index in [-0.39, 0.29) is 32.3 Å². The van der Waals surface area contributed by atoms with Crippen molar-refractivity contribution in [3.63, 3.8) is 0 Å². The number of hydrogen-bond acceptors (Lipinski definition) is 11. The number of carbonyl (C=O) groups is 4. The maximum Gasteiger partial charge on any atom is 0.429 e. The molecule has 3 amide bonds. The van der Waals surface area contributed by atoms with E-state index in [0.29, 0.717) is 37.9 Å². The van der Waals surface area contributed by atoms with E-state index in [9.17, 15) is 24.3 Å². The fraction of sp³-hybridized carbons (Fsp3) is 0.404. The number of aromatic nitrogens is 5. The van der Waals surface area contributed by atoms with Crippen molar-refractivity contribution < 1.29 is 43.2 Å². The highest BCUT2D eigenvalue weighted by atomic mass is 16.6. The average Bonchev–Trinajstić information content (AvgIpc) is 3.99. The quantitative estimate of drug-likeness (QED) is 0.0472. The fourth-order valence-electron chi connectivity index (χ4n) is 8.96. The van der Waals surface area contributed by atoms with Crippen molar-refractivity contribution in [1.82, 2.24) is 39.9 Å². The van der Waals surface area contributed by atoms with Gasteiger partial charge in [0, 0.05) is 49.3 Å². The molecule has 3 aromatic carbocycles. The van der Waals surface area contributed by atoms with E-state index in [4.69, 9.17) is 23.9 Å². The van der Waals surface area contributed by atoms with E-state index in [1.54, 1.807) is 24.2 Å². The van der Waals surface area contributed by atoms with E-state index in [1.165, 1.54) is 12.1 Å². The number of carboxylic acid groups (broad SMARTS) is 1. The molecular formula is C52H62N8O9. The molecule has 3 atom stereocenters. The molecule has 0 unspecified atom stereocenters. The topological polar surface area (TPSA) is 192 Å². The molecule has 17 nitrogen and oxygen atoms in total. The zero-order valence-corrected chi connectivity index (χ0v) is 40.4. The number of nitrogens with one attached hydrogen (secondary N) is 1. The number of carbonyl (C=O) groups excluding carboxylic acids is 3. The third-order valence-corrected chi connectivity index (χ3v) is 12.6. The van der Waals surface area contributed by atoms with Crippen molar-refractivity contribution >= 4 is 35.2 Å². The molecule has 3 aromatic heterocycles. The summed E-state index contributed by atoms with van der Waals surface area (Å²) in [7, 11) is 2.95. The van der Waals surface area contributed by atoms with Gasteiger partial charge in [0.25, 0.3) is 0 Å². The lowest BCUT2D eigenvalue weighted by molar-refractivity contribution is -0.143. The van der Waals surface area contributed by atoms with Crippen LogP contribution in [0.5, 0.6) is 0 Å². The van der Waals surface area contributed by atoms with Crippen molar-refractivity contribution in [2.24, 2.45) is 0 Å². The second kappa shape index (κ2) is 22.2. The van der Waals surface area contributed by atoms with Gasteiger partial charge in [0.15, 0.2) is 0 Å². The molecular weight excluding hydrogens is 881 g/mol. The predicted molar refractivity (Wildman–Crippen MR) is 259 cm³/mol. The number of aryl methyl sites for hydroxylation is 1. The molecule has 0 spiro atoms. The summed E-state index contributed by atoms with van der Waals surface area (Å²) in [5.74, 6) is -0.598. The van der Waals surface area contributed by atoms with Gasteiger partial charge in [-0.2, -0.15) is 0 Å². The van der Waals surface area contributed by atoms with Crippen molar-refractivity contribution in [3.8, 4) is 22.4 Å². The van der Waals surface area contributed by atoms with Crippen LogP contribution in [0.25, 0.3) is 33.3 Å². The van der Waals surface area contributed by atoms with Gasteiger partial charge in [-0.25, -0.2) is 33.9 Å². The molecule has 0 aliphatic carbocycles. The number of ether oxygens (including phenoxy) is 4. The molecule has 7 rings (SSSR count). The first-order valence-electron chi connectivity index (χ1n) is 23.4. The van der Waals surface area contributed by atoms with E-state index < -0.39 is 41.9 Å². The smallest absolute Gasteiger partial charge is 0.429 e. The van der Waals surface area contributed by atoms with Crippen LogP contribution in [0, 0.1) is 0 Å². The van der Waals surface area contributed by atoms with Gasteiger partial charge >= 0.3 is 24.2 Å². The number of amides is 3. The number of methoxy groups -OCH3 is 2. The lowest BCUT2D eigenvalue weighted by Gasteiger charge is -2.40. The summed E-state index contributed by atoms with van der Waals surface area (Å²) in [5, 5.41) is 25.2. The fourth-order valence-corrected chi connectivity index (χ4v) is 8.96. The van der Waals surface area contributed by atoms with Gasteiger partial charge in [0.1, 0.15) is 24.4 Å². The minimum Gasteiger partial charge on any atom is -0.467 e. The molecule has 17 heteroatoms. The molecule has 69 heavy (non-hydrogen) atoms. The molecule has 0 saturated carbocycles. The summed E-state index contributed by atoms with van der Waals surface area (Å²) >= 11 is 0. The van der Waals surface area contributed by atoms with Gasteiger partial charge in [0.05, 0.1) is 42.9 Å². The lowest BCUT2D eigenvalue weighted by atomic mass is 9.89. The van der Waals surface area contributed by atoms with Crippen molar-refractivity contribution in [2.75, 3.05) is 27.4 Å². The largest absolute Gasteiger partial charge is 0.467 e. The Bertz CT molecular complexity index is 2750. The number of esters is 1. The normalized spacial score (nSPS) is 14.9. The molecule has 1 fully saturated rings. The van der Waals surface area contributed by atoms with Crippen molar-refractivity contribution in [1.29, 1.82) is 0 Å². The molecule has 1 saturated heterocycles. The predicted octanol–water partition coefficient (Wildman–Crippen LogP) is 9.65. The number of pyridine rings is 1. The standard InChI is InChI=1S/C52H62N8O9/c1-8-10-27-68-51(65)60-45(22-16-26-58(60)50(63)64)43-32-59(56-55-43)52(4,5)31-41-40-30-38(23-24-44(40)57(9-2)47(41)39-21-15-25-53-46(39)34(3)66-6)37-20-14-19-36(28-37)29-42(48(61)67-7)54-49(62)69-33-35-17-12-11-13-18-35/h11-15,17-21,23-25,28,30,32,34,42,45H,8-10,16,22,26-27,29,31,33H2,1-7H3,(H,54,62)(H,63,64)/t34-,42-,45-/m0/s1. The molecule has 4 heterocycles. The molecule has 1 aliphatic heterocycles. The van der Waals surface area contributed by atoms with Crippen molar-refractivity contribution in [2.45, 2.75) is 110 Å². The molecule has 2 N–H and O–H groups in total. The van der Waals surface area contributed by atoms with Gasteiger partial charge < -0.3 is 33.9 Å². The molecule has 364 valence electrons. The summed E-state index contributed by atoms with van der Waals surface area (Å²) < 4.78 is 26.0. The lowest BCUT2D eigenvalue weighted by Crippen LogP contribution is -2.54. The zero-order chi connectivity index (χ0) is 49.2. The Kier molecular flexibility index (Phi) is 16.0. The average molecular weight is 943 g/mol. The molecule has 6 aromatic rings. The Morgan fingerprint density at radius 2 is 1.70 bits per heavy atom. The highest BCUT2D eigenvalue weighted by molar-refractivity contribution is 5.95. The van der Waals surface area contributed by atoms with E-state index >= 15 is 0 Å². The van der Waals surface area contributed by atoms with Gasteiger partial charge in [0.2, 0.25) is 0 Å². The van der Waals surface area contributed by atoms with Crippen LogP contribution in [0.3, 0.4) is 0 Å². The summed E-state index contributed by atoms with van der Waals surface area (Å²) in [6.45, 7) is 11.2. The molecule has 1 aliphatic rings. The van der Waals surface area contributed by atoms with Crippen LogP contribution in [-0.4, -0.2) is 97.3 Å². The SMILES string of the molecule is CCCCOC(=O)N1[C@H](c2cn(C(C)(C)Cc3c(-c4cccnc4[C@H](C)OC)n(CC)c4ccc(-c5cccc(C[C@H](NC(=O)OCc6ccccc6)C(=O)OC)c5)cc34)nn2)CCCN1C(=O)O. The summed E-state index contributed by atoms with van der Waals surface area (Å²) in [4.78, 5) is 56.6. The van der Waals surface area contributed by atoms with E-state index in [2.05, 4.69) is 65.2 Å². The number of unbranched alkanes of at least 4 members (excludes halogenated alkanes) is 1. The minimum absolute atomic E-state index is 0.0520. The minimum atomic E-state index is -1.25. The number of rotatable bonds is 18. The Balaban J connectivity index is 1.26. The maximum atomic E-state index is 13.5. The third kappa shape index (κ3) is 11.2. The van der Waals surface area contributed by atoms with Crippen LogP contribution in [0.15, 0.2) is 97.3 Å². The van der Waals surface area contributed by atoms with Crippen LogP contribution in [-0.2, 0) is 55.3 Å². The van der Waals surface area contributed by atoms with Crippen molar-refractivity contribution in [3.05, 3.63) is 125 Å². The monoisotopic (exact) mass is 942 g/mol. The summed E-state index contributed by atoms with van der Waals surface area (Å²) in [6.07, 6.45) is 3.65. The van der Waals surface area contributed by atoms with Gasteiger partial charge in [-0.1, -0.05) is 79.2 Å². The second-order valence-electron chi connectivity index (χ2n) is 17.8. The Morgan fingerprint density at radius 1 is 0.928 bits per heavy atom. The first-order valence-corrected chi connectivity index (χ1v) is 23.4. The Labute approximate surface area is 402 Å². The summed E-state index contributed by atoms with van der Waals surface area (Å²) in [5.41, 5.74) is 7.92. The third-order valence-electron chi connectivity index (χ3n) is 12.6. The first-order chi connectivity index (χ1) is 33.3. The second-order valence-corrected chi connectivity index (χ2v) is 17.8. The maximum absolute atomic E-state index is 13.5. The Morgan fingerprint density at radius 3 is 2.42 bits per heavy atom. The van der Waals surface area contributed by atoms with Crippen LogP contribution < -0.4 is 5.32 Å². The van der Waals surface area contributed by atoms with E-state index in [0.717, 1.165) is 67.1 Å². The summed E-state index contributed by atoms with van der Waals surface area (Å²) in [6, 6.07) is 25.8. The van der Waals surface area contributed by atoms with Gasteiger partial charge in [-0.05, 0) is 105 Å². The Hall–Kier alpha value is -7.27. The number of nitrogens with zero attached hydrogens (tertiary/aromatic N) is 7. The number of alkyl carbamates (subject to hydrolysis) is 1. The first kappa shape index (κ1) is 49.6. The zero-order valence-electron chi connectivity index (χ0n) is 40.4. The number of benzene rings is 3. The van der Waals surface area contributed by atoms with Gasteiger partial charge in [-0.15, -0.1) is 5.10 Å². The van der Waals surface area contributed by atoms with Crippen LogP contribution in [0.1, 0.15) is 101 Å². The highest BCUT2D eigenvalue weighted by Crippen LogP contribution is 2.42. The number of hydrogen-bond donors (Lipinski definition) is 2. The van der Waals surface area contributed by atoms with Crippen LogP contribution >= 0.6 is 0 Å². The van der Waals surface area contributed by atoms with Crippen LogP contribution in [0.4, 0.5) is 14.4 Å². The van der Waals surface area contributed by atoms with E-state index in [1.807, 2.05) is 74.5 Å². The molecule has 0 bridgehead atoms. The molecule has 0 radical (unpaired) electrons.